The second-order valence-corrected chi connectivity index (χ2v) is 9.38. The zero-order valence-corrected chi connectivity index (χ0v) is 21.1. The van der Waals surface area contributed by atoms with Crippen LogP contribution < -0.4 is 16.1 Å². The molecule has 4 aromatic rings. The second-order valence-electron chi connectivity index (χ2n) is 7.93. The Kier molecular flexibility index (Phi) is 6.87. The maximum Gasteiger partial charge on any atom is 0.332 e. The van der Waals surface area contributed by atoms with E-state index in [0.717, 1.165) is 27.9 Å². The van der Waals surface area contributed by atoms with Gasteiger partial charge in [0.25, 0.3) is 5.56 Å². The van der Waals surface area contributed by atoms with E-state index in [0.29, 0.717) is 23.2 Å². The number of hydrogen-bond acceptors (Lipinski definition) is 7. The van der Waals surface area contributed by atoms with Crippen LogP contribution in [0, 0.1) is 0 Å². The number of aryl methyl sites for hydroxylation is 1. The van der Waals surface area contributed by atoms with Crippen molar-refractivity contribution in [2.24, 2.45) is 14.1 Å². The Morgan fingerprint density at radius 3 is 2.56 bits per heavy atom. The highest BCUT2D eigenvalue weighted by Crippen LogP contribution is 2.31. The summed E-state index contributed by atoms with van der Waals surface area (Å²) in [6.07, 6.45) is 1.42. The topological polar surface area (TPSA) is 98.3 Å². The van der Waals surface area contributed by atoms with E-state index in [4.69, 9.17) is 11.6 Å². The van der Waals surface area contributed by atoms with Crippen LogP contribution in [0.25, 0.3) is 21.4 Å². The van der Waals surface area contributed by atoms with Crippen molar-refractivity contribution in [3.05, 3.63) is 50.4 Å². The number of benzene rings is 1. The van der Waals surface area contributed by atoms with Crippen LogP contribution in [0.5, 0.6) is 0 Å². The number of nitrogens with zero attached hydrogens (tertiary/aromatic N) is 7. The van der Waals surface area contributed by atoms with Crippen molar-refractivity contribution in [1.29, 1.82) is 0 Å². The number of likely N-dealkylation sites (N-methyl/N-ethyl adjacent to an activating group) is 1. The molecule has 0 radical (unpaired) electrons. The van der Waals surface area contributed by atoms with Crippen molar-refractivity contribution in [1.82, 2.24) is 28.6 Å². The quantitative estimate of drug-likeness (QED) is 0.365. The third-order valence-electron chi connectivity index (χ3n) is 5.93. The van der Waals surface area contributed by atoms with Gasteiger partial charge in [-0.1, -0.05) is 36.8 Å². The summed E-state index contributed by atoms with van der Waals surface area (Å²) in [6, 6.07) is 5.43. The molecular formula is C22H26ClN7O3S. The molecule has 0 saturated carbocycles. The summed E-state index contributed by atoms with van der Waals surface area (Å²) < 4.78 is 4.70. The average molecular weight is 504 g/mol. The molecule has 0 aliphatic rings. The van der Waals surface area contributed by atoms with Crippen molar-refractivity contribution in [3.8, 4) is 0 Å². The second kappa shape index (κ2) is 9.69. The van der Waals surface area contributed by atoms with Crippen molar-refractivity contribution < 1.29 is 4.79 Å². The standard InChI is InChI=1S/C22H26ClN7O3S/c1-5-28(6-2)9-10-30(21-25-15-8-7-14(23)11-16(15)34-21)17(31)12-29-13-24-19-18(29)20(32)27(4)22(33)26(19)3/h7-8,11,13H,5-6,9-10,12H2,1-4H3. The molecule has 0 saturated heterocycles. The molecule has 1 aromatic carbocycles. The lowest BCUT2D eigenvalue weighted by molar-refractivity contribution is -0.119. The minimum absolute atomic E-state index is 0.112. The van der Waals surface area contributed by atoms with E-state index in [1.165, 1.54) is 33.8 Å². The highest BCUT2D eigenvalue weighted by molar-refractivity contribution is 7.22. The fraction of sp³-hybridized carbons (Fsp3) is 0.409. The van der Waals surface area contributed by atoms with Gasteiger partial charge in [0, 0.05) is 32.2 Å². The lowest BCUT2D eigenvalue weighted by Crippen LogP contribution is -2.41. The molecule has 3 aromatic heterocycles. The van der Waals surface area contributed by atoms with Gasteiger partial charge in [0.1, 0.15) is 6.54 Å². The molecule has 0 spiro atoms. The number of thiazole rings is 1. The van der Waals surface area contributed by atoms with E-state index in [2.05, 4.69) is 28.7 Å². The first-order chi connectivity index (χ1) is 16.2. The van der Waals surface area contributed by atoms with Gasteiger partial charge in [0.05, 0.1) is 16.5 Å². The molecule has 0 bridgehead atoms. The molecule has 0 atom stereocenters. The third-order valence-corrected chi connectivity index (χ3v) is 7.20. The van der Waals surface area contributed by atoms with Crippen LogP contribution in [-0.2, 0) is 25.4 Å². The van der Waals surface area contributed by atoms with Crippen LogP contribution in [-0.4, -0.2) is 60.7 Å². The van der Waals surface area contributed by atoms with Crippen LogP contribution in [0.1, 0.15) is 13.8 Å². The van der Waals surface area contributed by atoms with Crippen molar-refractivity contribution >= 4 is 55.4 Å². The zero-order chi connectivity index (χ0) is 24.6. The van der Waals surface area contributed by atoms with E-state index in [9.17, 15) is 14.4 Å². The fourth-order valence-corrected chi connectivity index (χ4v) is 5.14. The molecule has 34 heavy (non-hydrogen) atoms. The van der Waals surface area contributed by atoms with Gasteiger partial charge in [0.2, 0.25) is 5.91 Å². The zero-order valence-electron chi connectivity index (χ0n) is 19.5. The molecule has 0 N–H and O–H groups in total. The molecule has 1 amide bonds. The average Bonchev–Trinajstić information content (AvgIpc) is 3.43. The van der Waals surface area contributed by atoms with Crippen molar-refractivity contribution in [2.75, 3.05) is 31.1 Å². The Morgan fingerprint density at radius 2 is 1.85 bits per heavy atom. The van der Waals surface area contributed by atoms with Crippen LogP contribution in [0.4, 0.5) is 5.13 Å². The molecule has 0 unspecified atom stereocenters. The summed E-state index contributed by atoms with van der Waals surface area (Å²) in [5.41, 5.74) is 0.251. The normalized spacial score (nSPS) is 11.7. The van der Waals surface area contributed by atoms with Crippen LogP contribution in [0.2, 0.25) is 5.02 Å². The van der Waals surface area contributed by atoms with Gasteiger partial charge >= 0.3 is 5.69 Å². The Bertz CT molecular complexity index is 1480. The van der Waals surface area contributed by atoms with E-state index in [1.807, 2.05) is 12.1 Å². The van der Waals surface area contributed by atoms with Gasteiger partial charge in [-0.05, 0) is 31.3 Å². The van der Waals surface area contributed by atoms with E-state index >= 15 is 0 Å². The van der Waals surface area contributed by atoms with E-state index in [1.54, 1.807) is 18.0 Å². The maximum absolute atomic E-state index is 13.6. The van der Waals surface area contributed by atoms with Crippen LogP contribution in [0.15, 0.2) is 34.1 Å². The first-order valence-electron chi connectivity index (χ1n) is 10.9. The minimum atomic E-state index is -0.493. The van der Waals surface area contributed by atoms with E-state index in [-0.39, 0.29) is 23.6 Å². The molecule has 0 fully saturated rings. The molecular weight excluding hydrogens is 478 g/mol. The summed E-state index contributed by atoms with van der Waals surface area (Å²) >= 11 is 7.53. The van der Waals surface area contributed by atoms with Gasteiger partial charge in [0.15, 0.2) is 16.3 Å². The van der Waals surface area contributed by atoms with Gasteiger partial charge in [-0.3, -0.25) is 23.6 Å². The predicted molar refractivity (Wildman–Crippen MR) is 135 cm³/mol. The molecule has 180 valence electrons. The molecule has 0 aliphatic heterocycles. The Hall–Kier alpha value is -3.02. The number of hydrogen-bond donors (Lipinski definition) is 0. The lowest BCUT2D eigenvalue weighted by Gasteiger charge is -2.25. The smallest absolute Gasteiger partial charge is 0.315 e. The number of amides is 1. The Balaban J connectivity index is 1.72. The number of halogens is 1. The van der Waals surface area contributed by atoms with E-state index < -0.39 is 11.2 Å². The SMILES string of the molecule is CCN(CC)CCN(C(=O)Cn1cnc2c1c(=O)n(C)c(=O)n2C)c1nc2ccc(Cl)cc2s1. The Labute approximate surface area is 204 Å². The molecule has 12 heteroatoms. The summed E-state index contributed by atoms with van der Waals surface area (Å²) in [5, 5.41) is 1.18. The Morgan fingerprint density at radius 1 is 1.12 bits per heavy atom. The summed E-state index contributed by atoms with van der Waals surface area (Å²) in [7, 11) is 2.96. The summed E-state index contributed by atoms with van der Waals surface area (Å²) in [5.74, 6) is -0.229. The van der Waals surface area contributed by atoms with Crippen LogP contribution in [0.3, 0.4) is 0 Å². The highest BCUT2D eigenvalue weighted by atomic mass is 35.5. The van der Waals surface area contributed by atoms with Crippen molar-refractivity contribution in [3.63, 3.8) is 0 Å². The number of anilines is 1. The van der Waals surface area contributed by atoms with Gasteiger partial charge in [-0.25, -0.2) is 14.8 Å². The number of carbonyl (C=O) groups is 1. The number of fused-ring (bicyclic) bond motifs is 2. The van der Waals surface area contributed by atoms with Crippen LogP contribution >= 0.6 is 22.9 Å². The first-order valence-corrected chi connectivity index (χ1v) is 12.1. The third kappa shape index (κ3) is 4.38. The number of aromatic nitrogens is 5. The number of carbonyl (C=O) groups excluding carboxylic acids is 1. The molecule has 4 rings (SSSR count). The molecule has 0 aliphatic carbocycles. The fourth-order valence-electron chi connectivity index (χ4n) is 3.86. The van der Waals surface area contributed by atoms with Gasteiger partial charge < -0.3 is 9.47 Å². The highest BCUT2D eigenvalue weighted by Gasteiger charge is 2.23. The van der Waals surface area contributed by atoms with Gasteiger partial charge in [-0.15, -0.1) is 0 Å². The monoisotopic (exact) mass is 503 g/mol. The summed E-state index contributed by atoms with van der Waals surface area (Å²) in [4.78, 5) is 51.3. The maximum atomic E-state index is 13.6. The lowest BCUT2D eigenvalue weighted by atomic mass is 10.3. The first kappa shape index (κ1) is 24.1. The molecule has 10 nitrogen and oxygen atoms in total. The number of imidazole rings is 1. The minimum Gasteiger partial charge on any atom is -0.315 e. The largest absolute Gasteiger partial charge is 0.332 e. The predicted octanol–water partition coefficient (Wildman–Crippen LogP) is 2.07. The van der Waals surface area contributed by atoms with Gasteiger partial charge in [-0.2, -0.15) is 0 Å². The molecule has 3 heterocycles. The number of rotatable bonds is 8. The van der Waals surface area contributed by atoms with Crippen molar-refractivity contribution in [2.45, 2.75) is 20.4 Å². The summed E-state index contributed by atoms with van der Waals surface area (Å²) in [6.45, 7) is 6.89.